The zero-order chi connectivity index (χ0) is 12.4. The van der Waals surface area contributed by atoms with E-state index in [2.05, 4.69) is 6.58 Å². The molecular formula is C15H14OS. The quantitative estimate of drug-likeness (QED) is 0.732. The Bertz CT molecular complexity index is 561. The van der Waals surface area contributed by atoms with E-state index in [4.69, 9.17) is 0 Å². The third kappa shape index (κ3) is 2.37. The molecule has 0 fully saturated rings. The van der Waals surface area contributed by atoms with Crippen LogP contribution in [0.25, 0.3) is 5.57 Å². The number of hydrogen-bond donors (Lipinski definition) is 0. The Morgan fingerprint density at radius 1 is 1.12 bits per heavy atom. The smallest absolute Gasteiger partial charge is 0.203 e. The van der Waals surface area contributed by atoms with E-state index in [0.717, 1.165) is 27.1 Å². The summed E-state index contributed by atoms with van der Waals surface area (Å²) in [5.41, 5.74) is 3.87. The molecule has 1 aromatic heterocycles. The van der Waals surface area contributed by atoms with Crippen molar-refractivity contribution in [2.24, 2.45) is 0 Å². The molecule has 0 N–H and O–H groups in total. The summed E-state index contributed by atoms with van der Waals surface area (Å²) in [7, 11) is 0. The molecule has 0 amide bonds. The van der Waals surface area contributed by atoms with Crippen molar-refractivity contribution in [2.45, 2.75) is 13.8 Å². The number of aryl methyl sites for hydroxylation is 1. The number of allylic oxidation sites excluding steroid dienone is 1. The van der Waals surface area contributed by atoms with Gasteiger partial charge in [0.2, 0.25) is 5.78 Å². The third-order valence-electron chi connectivity index (χ3n) is 2.71. The second kappa shape index (κ2) is 4.68. The summed E-state index contributed by atoms with van der Waals surface area (Å²) in [4.78, 5) is 13.0. The van der Waals surface area contributed by atoms with Gasteiger partial charge >= 0.3 is 0 Å². The van der Waals surface area contributed by atoms with Crippen molar-refractivity contribution in [3.8, 4) is 0 Å². The number of benzene rings is 1. The van der Waals surface area contributed by atoms with Gasteiger partial charge in [-0.05, 0) is 36.4 Å². The number of rotatable bonds is 3. The van der Waals surface area contributed by atoms with E-state index in [-0.39, 0.29) is 5.78 Å². The summed E-state index contributed by atoms with van der Waals surface area (Å²) < 4.78 is 0. The molecule has 0 aliphatic rings. The molecule has 1 heterocycles. The van der Waals surface area contributed by atoms with Gasteiger partial charge in [-0.3, -0.25) is 4.79 Å². The van der Waals surface area contributed by atoms with Gasteiger partial charge in [-0.1, -0.05) is 36.4 Å². The molecule has 0 aliphatic heterocycles. The molecule has 0 radical (unpaired) electrons. The molecule has 0 bridgehead atoms. The number of thiophene rings is 1. The highest BCUT2D eigenvalue weighted by Crippen LogP contribution is 2.21. The monoisotopic (exact) mass is 242 g/mol. The first kappa shape index (κ1) is 11.8. The van der Waals surface area contributed by atoms with Crippen LogP contribution >= 0.6 is 11.3 Å². The first-order valence-electron chi connectivity index (χ1n) is 5.44. The van der Waals surface area contributed by atoms with Gasteiger partial charge in [0.15, 0.2) is 0 Å². The minimum atomic E-state index is 0.103. The lowest BCUT2D eigenvalue weighted by Gasteiger charge is -2.03. The maximum absolute atomic E-state index is 12.2. The van der Waals surface area contributed by atoms with Crippen LogP contribution in [0.3, 0.4) is 0 Å². The van der Waals surface area contributed by atoms with Crippen molar-refractivity contribution in [1.82, 2.24) is 0 Å². The highest BCUT2D eigenvalue weighted by molar-refractivity contribution is 7.12. The Hall–Kier alpha value is -1.67. The molecule has 0 atom stereocenters. The van der Waals surface area contributed by atoms with Crippen LogP contribution in [0.5, 0.6) is 0 Å². The number of hydrogen-bond acceptors (Lipinski definition) is 2. The van der Waals surface area contributed by atoms with Crippen LogP contribution in [-0.4, -0.2) is 5.78 Å². The molecule has 86 valence electrons. The van der Waals surface area contributed by atoms with Crippen LogP contribution in [0.15, 0.2) is 42.3 Å². The minimum Gasteiger partial charge on any atom is -0.288 e. The predicted octanol–water partition coefficient (Wildman–Crippen LogP) is 4.32. The van der Waals surface area contributed by atoms with Crippen molar-refractivity contribution in [2.75, 3.05) is 0 Å². The van der Waals surface area contributed by atoms with E-state index in [0.29, 0.717) is 0 Å². The summed E-state index contributed by atoms with van der Waals surface area (Å²) in [5.74, 6) is 0.103. The molecule has 17 heavy (non-hydrogen) atoms. The molecular weight excluding hydrogens is 228 g/mol. The molecule has 2 aromatic rings. The van der Waals surface area contributed by atoms with Crippen molar-refractivity contribution in [3.63, 3.8) is 0 Å². The fraction of sp³-hybridized carbons (Fsp3) is 0.133. The van der Waals surface area contributed by atoms with E-state index >= 15 is 0 Å². The third-order valence-corrected chi connectivity index (χ3v) is 3.72. The molecule has 0 saturated carbocycles. The predicted molar refractivity (Wildman–Crippen MR) is 73.6 cm³/mol. The summed E-state index contributed by atoms with van der Waals surface area (Å²) in [6.45, 7) is 7.80. The summed E-state index contributed by atoms with van der Waals surface area (Å²) >= 11 is 1.50. The standard InChI is InChI=1S/C15H14OS/c1-10(2)12-4-6-13(7-5-12)14(16)15-11(3)8-9-17-15/h4-9H,1H2,2-3H3. The van der Waals surface area contributed by atoms with Crippen molar-refractivity contribution in [1.29, 1.82) is 0 Å². The van der Waals surface area contributed by atoms with Crippen molar-refractivity contribution in [3.05, 3.63) is 63.9 Å². The first-order valence-corrected chi connectivity index (χ1v) is 6.32. The van der Waals surface area contributed by atoms with Gasteiger partial charge in [-0.2, -0.15) is 0 Å². The van der Waals surface area contributed by atoms with E-state index in [1.807, 2.05) is 49.6 Å². The topological polar surface area (TPSA) is 17.1 Å². The lowest BCUT2D eigenvalue weighted by molar-refractivity contribution is 0.104. The van der Waals surface area contributed by atoms with Gasteiger partial charge in [0.05, 0.1) is 4.88 Å². The zero-order valence-corrected chi connectivity index (χ0v) is 10.8. The Morgan fingerprint density at radius 3 is 2.18 bits per heavy atom. The summed E-state index contributed by atoms with van der Waals surface area (Å²) in [6, 6.07) is 9.59. The highest BCUT2D eigenvalue weighted by atomic mass is 32.1. The molecule has 0 unspecified atom stereocenters. The van der Waals surface area contributed by atoms with E-state index < -0.39 is 0 Å². The van der Waals surface area contributed by atoms with Crippen LogP contribution in [0.4, 0.5) is 0 Å². The minimum absolute atomic E-state index is 0.103. The molecule has 1 nitrogen and oxygen atoms in total. The van der Waals surface area contributed by atoms with E-state index in [1.165, 1.54) is 11.3 Å². The van der Waals surface area contributed by atoms with Crippen LogP contribution in [-0.2, 0) is 0 Å². The Labute approximate surface area is 105 Å². The zero-order valence-electron chi connectivity index (χ0n) is 9.99. The normalized spacial score (nSPS) is 10.2. The molecule has 0 spiro atoms. The lowest BCUT2D eigenvalue weighted by Crippen LogP contribution is -2.00. The first-order chi connectivity index (χ1) is 8.09. The second-order valence-electron chi connectivity index (χ2n) is 4.12. The number of ketones is 1. The van der Waals surface area contributed by atoms with Crippen LogP contribution in [0.1, 0.15) is 33.3 Å². The maximum Gasteiger partial charge on any atom is 0.203 e. The fourth-order valence-corrected chi connectivity index (χ4v) is 2.53. The molecule has 0 saturated heterocycles. The van der Waals surface area contributed by atoms with Gasteiger partial charge in [-0.15, -0.1) is 11.3 Å². The van der Waals surface area contributed by atoms with Gasteiger partial charge in [-0.25, -0.2) is 0 Å². The Balaban J connectivity index is 2.33. The van der Waals surface area contributed by atoms with Crippen LogP contribution in [0, 0.1) is 6.92 Å². The molecule has 0 aliphatic carbocycles. The van der Waals surface area contributed by atoms with Crippen LogP contribution in [0.2, 0.25) is 0 Å². The number of carbonyl (C=O) groups is 1. The maximum atomic E-state index is 12.2. The van der Waals surface area contributed by atoms with Gasteiger partial charge in [0, 0.05) is 5.56 Å². The summed E-state index contributed by atoms with van der Waals surface area (Å²) in [6.07, 6.45) is 0. The average molecular weight is 242 g/mol. The molecule has 2 heteroatoms. The van der Waals surface area contributed by atoms with Gasteiger partial charge in [0.25, 0.3) is 0 Å². The van der Waals surface area contributed by atoms with Gasteiger partial charge < -0.3 is 0 Å². The Morgan fingerprint density at radius 2 is 1.71 bits per heavy atom. The molecule has 2 rings (SSSR count). The Kier molecular flexibility index (Phi) is 3.25. The fourth-order valence-electron chi connectivity index (χ4n) is 1.64. The average Bonchev–Trinajstić information content (AvgIpc) is 2.74. The van der Waals surface area contributed by atoms with E-state index in [1.54, 1.807) is 0 Å². The number of carbonyl (C=O) groups excluding carboxylic acids is 1. The lowest BCUT2D eigenvalue weighted by atomic mass is 10.0. The largest absolute Gasteiger partial charge is 0.288 e. The van der Waals surface area contributed by atoms with Gasteiger partial charge in [0.1, 0.15) is 0 Å². The van der Waals surface area contributed by atoms with Crippen molar-refractivity contribution >= 4 is 22.7 Å². The molecule has 1 aromatic carbocycles. The summed E-state index contributed by atoms with van der Waals surface area (Å²) in [5, 5.41) is 1.95. The second-order valence-corrected chi connectivity index (χ2v) is 5.04. The van der Waals surface area contributed by atoms with Crippen molar-refractivity contribution < 1.29 is 4.79 Å². The highest BCUT2D eigenvalue weighted by Gasteiger charge is 2.12. The SMILES string of the molecule is C=C(C)c1ccc(C(=O)c2sccc2C)cc1. The van der Waals surface area contributed by atoms with E-state index in [9.17, 15) is 4.79 Å². The van der Waals surface area contributed by atoms with Crippen LogP contribution < -0.4 is 0 Å².